The van der Waals surface area contributed by atoms with Crippen LogP contribution in [0.4, 0.5) is 0 Å². The Morgan fingerprint density at radius 3 is 1.33 bits per heavy atom. The summed E-state index contributed by atoms with van der Waals surface area (Å²) in [5.74, 6) is -0.296. The molecule has 21 heavy (non-hydrogen) atoms. The lowest BCUT2D eigenvalue weighted by Gasteiger charge is -1.97. The highest BCUT2D eigenvalue weighted by atomic mass is 16.5. The molecule has 0 unspecified atom stereocenters. The summed E-state index contributed by atoms with van der Waals surface area (Å²) < 4.78 is 8.75. The third-order valence-corrected chi connectivity index (χ3v) is 2.02. The molecule has 0 amide bonds. The zero-order valence-corrected chi connectivity index (χ0v) is 13.9. The second-order valence-electron chi connectivity index (χ2n) is 4.66. The largest absolute Gasteiger partial charge is 0.469 e. The van der Waals surface area contributed by atoms with Crippen LogP contribution in [0.2, 0.25) is 0 Å². The fourth-order valence-electron chi connectivity index (χ4n) is 0.759. The van der Waals surface area contributed by atoms with E-state index in [1.807, 2.05) is 0 Å². The molecule has 0 aromatic heterocycles. The molecule has 0 aromatic carbocycles. The number of unbranched alkanes of at least 4 members (excludes halogenated alkanes) is 2. The van der Waals surface area contributed by atoms with E-state index in [9.17, 15) is 14.4 Å². The van der Waals surface area contributed by atoms with E-state index in [1.54, 1.807) is 27.7 Å². The molecule has 5 heteroatoms. The summed E-state index contributed by atoms with van der Waals surface area (Å²) in [6.45, 7) is 9.26. The van der Waals surface area contributed by atoms with Gasteiger partial charge in [0.25, 0.3) is 0 Å². The van der Waals surface area contributed by atoms with Crippen LogP contribution in [-0.2, 0) is 23.9 Å². The Labute approximate surface area is 130 Å². The van der Waals surface area contributed by atoms with E-state index < -0.39 is 0 Å². The molecule has 0 saturated heterocycles. The lowest BCUT2D eigenvalue weighted by Crippen LogP contribution is -2.07. The van der Waals surface area contributed by atoms with Crippen LogP contribution >= 0.6 is 0 Å². The Morgan fingerprint density at radius 2 is 1.29 bits per heavy atom. The molecule has 0 fully saturated rings. The first-order valence-electron chi connectivity index (χ1n) is 6.87. The lowest BCUT2D eigenvalue weighted by atomic mass is 10.2. The average Bonchev–Trinajstić information content (AvgIpc) is 2.44. The highest BCUT2D eigenvalue weighted by Crippen LogP contribution is 1.92. The van der Waals surface area contributed by atoms with Gasteiger partial charge in [0.15, 0.2) is 0 Å². The van der Waals surface area contributed by atoms with Crippen molar-refractivity contribution in [2.24, 2.45) is 11.8 Å². The van der Waals surface area contributed by atoms with E-state index in [0.29, 0.717) is 0 Å². The molecule has 0 bridgehead atoms. The van der Waals surface area contributed by atoms with Crippen molar-refractivity contribution < 1.29 is 23.9 Å². The van der Waals surface area contributed by atoms with Gasteiger partial charge in [-0.05, 0) is 6.42 Å². The maximum absolute atomic E-state index is 10.3. The first-order valence-corrected chi connectivity index (χ1v) is 6.87. The van der Waals surface area contributed by atoms with Crippen molar-refractivity contribution in [3.63, 3.8) is 0 Å². The number of ether oxygens (including phenoxy) is 2. The molecule has 0 aromatic rings. The van der Waals surface area contributed by atoms with Crippen molar-refractivity contribution in [1.29, 1.82) is 0 Å². The summed E-state index contributed by atoms with van der Waals surface area (Å²) in [7, 11) is 2.78. The average molecular weight is 306 g/mol. The van der Waals surface area contributed by atoms with E-state index in [2.05, 4.69) is 16.4 Å². The fourth-order valence-corrected chi connectivity index (χ4v) is 0.759. The predicted octanol–water partition coefficient (Wildman–Crippen LogP) is 3.64. The number of hydrogen-bond donors (Lipinski definition) is 0. The van der Waals surface area contributed by atoms with Crippen LogP contribution in [0, 0.1) is 11.8 Å². The van der Waals surface area contributed by atoms with E-state index in [4.69, 9.17) is 0 Å². The molecule has 0 spiro atoms. The van der Waals surface area contributed by atoms with Crippen molar-refractivity contribution in [1.82, 2.24) is 0 Å². The van der Waals surface area contributed by atoms with Gasteiger partial charge < -0.3 is 14.3 Å². The van der Waals surface area contributed by atoms with Gasteiger partial charge in [-0.25, -0.2) is 0 Å². The number of hydrogen-bond acceptors (Lipinski definition) is 5. The minimum absolute atomic E-state index is 0. The molecule has 0 saturated carbocycles. The van der Waals surface area contributed by atoms with Gasteiger partial charge in [0.2, 0.25) is 0 Å². The summed E-state index contributed by atoms with van der Waals surface area (Å²) in [5.41, 5.74) is 0. The van der Waals surface area contributed by atoms with Gasteiger partial charge in [-0.2, -0.15) is 0 Å². The normalized spacial score (nSPS) is 8.43. The Bertz CT molecular complexity index is 227. The number of esters is 2. The van der Waals surface area contributed by atoms with Gasteiger partial charge in [-0.15, -0.1) is 0 Å². The molecule has 0 N–H and O–H groups in total. The fraction of sp³-hybridized carbons (Fsp3) is 0.812. The van der Waals surface area contributed by atoms with Crippen LogP contribution < -0.4 is 0 Å². The van der Waals surface area contributed by atoms with Crippen LogP contribution in [0.5, 0.6) is 0 Å². The predicted molar refractivity (Wildman–Crippen MR) is 86.0 cm³/mol. The Morgan fingerprint density at radius 1 is 0.952 bits per heavy atom. The van der Waals surface area contributed by atoms with Crippen molar-refractivity contribution in [3.05, 3.63) is 0 Å². The molecular weight excluding hydrogens is 272 g/mol. The molecule has 0 aliphatic rings. The topological polar surface area (TPSA) is 69.7 Å². The number of carbonyl (C=O) groups is 3. The van der Waals surface area contributed by atoms with E-state index in [0.717, 1.165) is 25.5 Å². The molecule has 0 aliphatic carbocycles. The van der Waals surface area contributed by atoms with Crippen molar-refractivity contribution in [2.75, 3.05) is 14.2 Å². The molecule has 5 nitrogen and oxygen atoms in total. The van der Waals surface area contributed by atoms with Crippen LogP contribution in [-0.4, -0.2) is 32.4 Å². The number of carbonyl (C=O) groups excluding carboxylic acids is 3. The van der Waals surface area contributed by atoms with Crippen molar-refractivity contribution in [2.45, 2.75) is 61.3 Å². The molecular formula is C16H34O5. The SMILES string of the molecule is C.CCCCC=O.COC(=O)C(C)C.COC(=O)C(C)C. The van der Waals surface area contributed by atoms with Crippen molar-refractivity contribution in [3.8, 4) is 0 Å². The van der Waals surface area contributed by atoms with Crippen LogP contribution in [0.25, 0.3) is 0 Å². The molecule has 0 aliphatic heterocycles. The quantitative estimate of drug-likeness (QED) is 0.440. The summed E-state index contributed by atoms with van der Waals surface area (Å²) >= 11 is 0. The molecule has 0 radical (unpaired) electrons. The molecule has 0 atom stereocenters. The van der Waals surface area contributed by atoms with E-state index >= 15 is 0 Å². The van der Waals surface area contributed by atoms with Crippen LogP contribution in [0.3, 0.4) is 0 Å². The van der Waals surface area contributed by atoms with Gasteiger partial charge in [0, 0.05) is 6.42 Å². The minimum Gasteiger partial charge on any atom is -0.469 e. The van der Waals surface area contributed by atoms with E-state index in [1.165, 1.54) is 14.2 Å². The maximum Gasteiger partial charge on any atom is 0.308 e. The van der Waals surface area contributed by atoms with Crippen LogP contribution in [0.15, 0.2) is 0 Å². The summed E-state index contributed by atoms with van der Waals surface area (Å²) in [5, 5.41) is 0. The number of rotatable bonds is 5. The Hall–Kier alpha value is -1.39. The second-order valence-corrected chi connectivity index (χ2v) is 4.66. The summed E-state index contributed by atoms with van der Waals surface area (Å²) in [6, 6.07) is 0. The standard InChI is InChI=1S/2C5H10O2.C5H10O.CH4/c2*1-4(2)5(6)7-3;1-2-3-4-5-6;/h2*4H,1-3H3;5H,2-4H2,1H3;1H4. The van der Waals surface area contributed by atoms with Gasteiger partial charge in [0.1, 0.15) is 6.29 Å². The zero-order chi connectivity index (χ0) is 16.6. The molecule has 0 heterocycles. The smallest absolute Gasteiger partial charge is 0.308 e. The number of methoxy groups -OCH3 is 2. The summed E-state index contributed by atoms with van der Waals surface area (Å²) in [4.78, 5) is 30.1. The maximum atomic E-state index is 10.3. The number of aldehydes is 1. The Kier molecular flexibility index (Phi) is 27.8. The third-order valence-electron chi connectivity index (χ3n) is 2.02. The minimum atomic E-state index is -0.153. The van der Waals surface area contributed by atoms with Crippen LogP contribution in [0.1, 0.15) is 61.3 Å². The van der Waals surface area contributed by atoms with Crippen molar-refractivity contribution >= 4 is 18.2 Å². The lowest BCUT2D eigenvalue weighted by molar-refractivity contribution is -0.145. The van der Waals surface area contributed by atoms with Gasteiger partial charge >= 0.3 is 11.9 Å². The highest BCUT2D eigenvalue weighted by molar-refractivity contribution is 5.71. The Balaban J connectivity index is -0.000000101. The third kappa shape index (κ3) is 27.7. The van der Waals surface area contributed by atoms with Gasteiger partial charge in [-0.1, -0.05) is 48.5 Å². The van der Waals surface area contributed by atoms with Gasteiger partial charge in [0.05, 0.1) is 26.1 Å². The molecule has 0 rings (SSSR count). The zero-order valence-electron chi connectivity index (χ0n) is 13.9. The summed E-state index contributed by atoms with van der Waals surface area (Å²) in [6.07, 6.45) is 3.86. The monoisotopic (exact) mass is 306 g/mol. The second kappa shape index (κ2) is 20.9. The van der Waals surface area contributed by atoms with E-state index in [-0.39, 0.29) is 31.2 Å². The highest BCUT2D eigenvalue weighted by Gasteiger charge is 2.03. The first kappa shape index (κ1) is 27.9. The first-order chi connectivity index (χ1) is 9.28. The molecule has 128 valence electrons. The van der Waals surface area contributed by atoms with Gasteiger partial charge in [-0.3, -0.25) is 9.59 Å².